The van der Waals surface area contributed by atoms with Gasteiger partial charge in [0.25, 0.3) is 0 Å². The van der Waals surface area contributed by atoms with Crippen molar-refractivity contribution in [3.8, 4) is 0 Å². The molecule has 30 heavy (non-hydrogen) atoms. The Morgan fingerprint density at radius 3 is 2.70 bits per heavy atom. The van der Waals surface area contributed by atoms with E-state index in [2.05, 4.69) is 26.3 Å². The van der Waals surface area contributed by atoms with Gasteiger partial charge in [-0.1, -0.05) is 40.2 Å². The van der Waals surface area contributed by atoms with Crippen LogP contribution in [0.5, 0.6) is 0 Å². The van der Waals surface area contributed by atoms with E-state index in [1.54, 1.807) is 21.8 Å². The fourth-order valence-corrected chi connectivity index (χ4v) is 3.96. The molecule has 6 nitrogen and oxygen atoms in total. The van der Waals surface area contributed by atoms with Crippen LogP contribution in [0.15, 0.2) is 59.2 Å². The number of benzene rings is 2. The first-order valence-corrected chi connectivity index (χ1v) is 10.7. The van der Waals surface area contributed by atoms with Crippen LogP contribution in [0.2, 0.25) is 0 Å². The maximum atomic E-state index is 12.9. The number of halogens is 1. The zero-order valence-electron chi connectivity index (χ0n) is 16.9. The zero-order valence-corrected chi connectivity index (χ0v) is 18.5. The van der Waals surface area contributed by atoms with Gasteiger partial charge in [-0.2, -0.15) is 5.10 Å². The first-order chi connectivity index (χ1) is 14.4. The van der Waals surface area contributed by atoms with Gasteiger partial charge in [0.2, 0.25) is 11.8 Å². The van der Waals surface area contributed by atoms with E-state index in [1.807, 2.05) is 56.3 Å². The quantitative estimate of drug-likeness (QED) is 0.609. The van der Waals surface area contributed by atoms with E-state index in [1.165, 1.54) is 0 Å². The van der Waals surface area contributed by atoms with E-state index in [-0.39, 0.29) is 18.2 Å². The van der Waals surface area contributed by atoms with Crippen LogP contribution < -0.4 is 10.2 Å². The smallest absolute Gasteiger partial charge is 0.230 e. The average Bonchev–Trinajstić information content (AvgIpc) is 3.32. The summed E-state index contributed by atoms with van der Waals surface area (Å²) in [5.41, 5.74) is 4.16. The van der Waals surface area contributed by atoms with E-state index in [4.69, 9.17) is 0 Å². The van der Waals surface area contributed by atoms with E-state index < -0.39 is 5.92 Å². The second-order valence-corrected chi connectivity index (χ2v) is 8.53. The Morgan fingerprint density at radius 1 is 1.17 bits per heavy atom. The summed E-state index contributed by atoms with van der Waals surface area (Å²) in [5, 5.41) is 7.28. The molecule has 1 saturated heterocycles. The number of amides is 2. The third kappa shape index (κ3) is 4.16. The van der Waals surface area contributed by atoms with E-state index in [0.29, 0.717) is 18.9 Å². The number of carbonyl (C=O) groups excluding carboxylic acids is 2. The van der Waals surface area contributed by atoms with Crippen molar-refractivity contribution >= 4 is 39.2 Å². The molecule has 2 heterocycles. The Hall–Kier alpha value is -2.93. The van der Waals surface area contributed by atoms with Crippen LogP contribution in [-0.4, -0.2) is 28.1 Å². The number of hydrogen-bond donors (Lipinski definition) is 1. The summed E-state index contributed by atoms with van der Waals surface area (Å²) >= 11 is 3.43. The monoisotopic (exact) mass is 466 g/mol. The molecular formula is C23H23BrN4O2. The van der Waals surface area contributed by atoms with E-state index in [0.717, 1.165) is 26.9 Å². The number of nitrogens with zero attached hydrogens (tertiary/aromatic N) is 3. The van der Waals surface area contributed by atoms with Crippen LogP contribution >= 0.6 is 15.9 Å². The first kappa shape index (κ1) is 20.3. The lowest BCUT2D eigenvalue weighted by Crippen LogP contribution is -2.29. The van der Waals surface area contributed by atoms with Crippen molar-refractivity contribution in [2.45, 2.75) is 26.8 Å². The van der Waals surface area contributed by atoms with Crippen molar-refractivity contribution in [3.63, 3.8) is 0 Å². The summed E-state index contributed by atoms with van der Waals surface area (Å²) in [6.45, 7) is 4.96. The normalized spacial score (nSPS) is 16.2. The molecule has 2 aromatic carbocycles. The highest BCUT2D eigenvalue weighted by Gasteiger charge is 2.36. The van der Waals surface area contributed by atoms with Gasteiger partial charge in [0.05, 0.1) is 18.7 Å². The van der Waals surface area contributed by atoms with Gasteiger partial charge < -0.3 is 10.2 Å². The van der Waals surface area contributed by atoms with Gasteiger partial charge in [0.1, 0.15) is 5.82 Å². The lowest BCUT2D eigenvalue weighted by molar-refractivity contribution is -0.122. The number of anilines is 2. The summed E-state index contributed by atoms with van der Waals surface area (Å²) in [4.78, 5) is 27.2. The molecule has 1 aliphatic rings. The van der Waals surface area contributed by atoms with Crippen LogP contribution in [0.4, 0.5) is 11.5 Å². The zero-order chi connectivity index (χ0) is 21.3. The van der Waals surface area contributed by atoms with Crippen molar-refractivity contribution in [2.75, 3.05) is 16.8 Å². The van der Waals surface area contributed by atoms with Crippen LogP contribution in [0, 0.1) is 19.8 Å². The second-order valence-electron chi connectivity index (χ2n) is 7.61. The molecule has 1 fully saturated rings. The van der Waals surface area contributed by atoms with Gasteiger partial charge in [0.15, 0.2) is 0 Å². The standard InChI is InChI=1S/C23H23BrN4O2/c1-15-4-3-5-20(16(15)2)27-14-18(12-22(27)29)23(30)26-21-10-11-25-28(21)13-17-6-8-19(24)9-7-17/h3-11,18H,12-14H2,1-2H3,(H,26,30). The fourth-order valence-electron chi connectivity index (χ4n) is 3.70. The molecule has 1 aromatic heterocycles. The molecule has 0 saturated carbocycles. The van der Waals surface area contributed by atoms with Crippen LogP contribution in [-0.2, 0) is 16.1 Å². The molecule has 1 atom stereocenters. The number of nitrogens with one attached hydrogen (secondary N) is 1. The van der Waals surface area contributed by atoms with Crippen LogP contribution in [0.3, 0.4) is 0 Å². The molecule has 1 unspecified atom stereocenters. The summed E-state index contributed by atoms with van der Waals surface area (Å²) in [7, 11) is 0. The Kier molecular flexibility index (Phi) is 5.72. The molecule has 154 valence electrons. The molecule has 0 bridgehead atoms. The first-order valence-electron chi connectivity index (χ1n) is 9.86. The Labute approximate surface area is 184 Å². The fraction of sp³-hybridized carbons (Fsp3) is 0.261. The molecule has 0 aliphatic carbocycles. The van der Waals surface area contributed by atoms with Gasteiger partial charge in [-0.3, -0.25) is 9.59 Å². The van der Waals surface area contributed by atoms with Crippen molar-refractivity contribution in [1.82, 2.24) is 9.78 Å². The molecule has 4 rings (SSSR count). The minimum atomic E-state index is -0.395. The van der Waals surface area contributed by atoms with Gasteiger partial charge in [-0.05, 0) is 48.7 Å². The minimum Gasteiger partial charge on any atom is -0.311 e. The number of rotatable bonds is 5. The third-order valence-corrected chi connectivity index (χ3v) is 6.10. The Morgan fingerprint density at radius 2 is 1.93 bits per heavy atom. The largest absolute Gasteiger partial charge is 0.311 e. The summed E-state index contributed by atoms with van der Waals surface area (Å²) < 4.78 is 2.76. The lowest BCUT2D eigenvalue weighted by atomic mass is 10.1. The summed E-state index contributed by atoms with van der Waals surface area (Å²) in [5.74, 6) is 0.0509. The van der Waals surface area contributed by atoms with E-state index >= 15 is 0 Å². The molecule has 7 heteroatoms. The highest BCUT2D eigenvalue weighted by atomic mass is 79.9. The van der Waals surface area contributed by atoms with Crippen molar-refractivity contribution in [3.05, 3.63) is 75.9 Å². The predicted molar refractivity (Wildman–Crippen MR) is 120 cm³/mol. The van der Waals surface area contributed by atoms with Crippen molar-refractivity contribution in [2.24, 2.45) is 5.92 Å². The predicted octanol–water partition coefficient (Wildman–Crippen LogP) is 4.30. The lowest BCUT2D eigenvalue weighted by Gasteiger charge is -2.20. The molecule has 1 N–H and O–H groups in total. The molecule has 0 spiro atoms. The highest BCUT2D eigenvalue weighted by Crippen LogP contribution is 2.30. The number of aryl methyl sites for hydroxylation is 1. The van der Waals surface area contributed by atoms with Gasteiger partial charge >= 0.3 is 0 Å². The number of carbonyl (C=O) groups is 2. The Balaban J connectivity index is 1.45. The molecule has 0 radical (unpaired) electrons. The van der Waals surface area contributed by atoms with Gasteiger partial charge in [0, 0.05) is 29.2 Å². The van der Waals surface area contributed by atoms with Crippen molar-refractivity contribution in [1.29, 1.82) is 0 Å². The average molecular weight is 467 g/mol. The second kappa shape index (κ2) is 8.44. The maximum absolute atomic E-state index is 12.9. The topological polar surface area (TPSA) is 67.2 Å². The SMILES string of the molecule is Cc1cccc(N2CC(C(=O)Nc3ccnn3Cc3ccc(Br)cc3)CC2=O)c1C. The third-order valence-electron chi connectivity index (χ3n) is 5.58. The molecular weight excluding hydrogens is 444 g/mol. The van der Waals surface area contributed by atoms with Crippen molar-refractivity contribution < 1.29 is 9.59 Å². The number of aromatic nitrogens is 2. The Bertz CT molecular complexity index is 1090. The minimum absolute atomic E-state index is 0.0211. The van der Waals surface area contributed by atoms with Gasteiger partial charge in [-0.15, -0.1) is 0 Å². The summed E-state index contributed by atoms with van der Waals surface area (Å²) in [6, 6.07) is 15.6. The molecule has 2 amide bonds. The summed E-state index contributed by atoms with van der Waals surface area (Å²) in [6.07, 6.45) is 1.87. The van der Waals surface area contributed by atoms with Crippen LogP contribution in [0.1, 0.15) is 23.1 Å². The molecule has 3 aromatic rings. The molecule has 1 aliphatic heterocycles. The highest BCUT2D eigenvalue weighted by molar-refractivity contribution is 9.10. The van der Waals surface area contributed by atoms with E-state index in [9.17, 15) is 9.59 Å². The number of hydrogen-bond acceptors (Lipinski definition) is 3. The van der Waals surface area contributed by atoms with Gasteiger partial charge in [-0.25, -0.2) is 4.68 Å². The van der Waals surface area contributed by atoms with Crippen LogP contribution in [0.25, 0.3) is 0 Å². The maximum Gasteiger partial charge on any atom is 0.230 e.